The molecule has 0 aliphatic rings. The fourth-order valence-electron chi connectivity index (χ4n) is 7.11. The van der Waals surface area contributed by atoms with Crippen LogP contribution in [-0.2, 0) is 18.4 Å². The van der Waals surface area contributed by atoms with Gasteiger partial charge in [-0.15, -0.1) is 0 Å². The van der Waals surface area contributed by atoms with E-state index in [1.807, 2.05) is 6.08 Å². The summed E-state index contributed by atoms with van der Waals surface area (Å²) in [6.45, 7) is 4.09. The highest BCUT2D eigenvalue weighted by atomic mass is 31.2. The number of aliphatic hydroxyl groups is 1. The highest BCUT2D eigenvalue weighted by molar-refractivity contribution is 7.47. The predicted molar refractivity (Wildman–Crippen MR) is 267 cm³/mol. The number of phosphoric ester groups is 1. The Morgan fingerprint density at radius 2 is 0.903 bits per heavy atom. The largest absolute Gasteiger partial charge is 0.472 e. The summed E-state index contributed by atoms with van der Waals surface area (Å²) in [6.07, 6.45) is 63.9. The van der Waals surface area contributed by atoms with Crippen molar-refractivity contribution in [1.82, 2.24) is 5.32 Å². The van der Waals surface area contributed by atoms with Crippen molar-refractivity contribution in [3.8, 4) is 0 Å². The normalized spacial score (nSPS) is 14.5. The number of hydrogen-bond acceptors (Lipinski definition) is 6. The second-order valence-corrected chi connectivity index (χ2v) is 18.5. The van der Waals surface area contributed by atoms with E-state index in [2.05, 4.69) is 79.9 Å². The summed E-state index contributed by atoms with van der Waals surface area (Å²) < 4.78 is 22.2. The summed E-state index contributed by atoms with van der Waals surface area (Å²) in [7, 11) is -4.36. The third-order valence-corrected chi connectivity index (χ3v) is 12.0. The van der Waals surface area contributed by atoms with E-state index in [1.54, 1.807) is 6.08 Å². The van der Waals surface area contributed by atoms with Gasteiger partial charge in [0, 0.05) is 13.0 Å². The number of unbranched alkanes of at least 4 members (excludes halogenated alkanes) is 25. The van der Waals surface area contributed by atoms with Crippen LogP contribution in [0.4, 0.5) is 0 Å². The minimum Gasteiger partial charge on any atom is -0.387 e. The number of carbonyl (C=O) groups is 1. The van der Waals surface area contributed by atoms with E-state index in [4.69, 9.17) is 14.8 Å². The van der Waals surface area contributed by atoms with Crippen molar-refractivity contribution < 1.29 is 28.4 Å². The van der Waals surface area contributed by atoms with E-state index in [9.17, 15) is 19.4 Å². The molecule has 0 saturated carbocycles. The molecule has 0 fully saturated rings. The zero-order chi connectivity index (χ0) is 45.3. The van der Waals surface area contributed by atoms with Crippen LogP contribution in [0.1, 0.15) is 226 Å². The van der Waals surface area contributed by atoms with Crippen molar-refractivity contribution in [2.75, 3.05) is 19.8 Å². The molecule has 3 atom stereocenters. The lowest BCUT2D eigenvalue weighted by Gasteiger charge is -2.23. The van der Waals surface area contributed by atoms with Gasteiger partial charge in [-0.1, -0.05) is 209 Å². The summed E-state index contributed by atoms with van der Waals surface area (Å²) >= 11 is 0. The first kappa shape index (κ1) is 59.9. The number of allylic oxidation sites excluding steroid dienone is 11. The zero-order valence-electron chi connectivity index (χ0n) is 40.1. The highest BCUT2D eigenvalue weighted by Crippen LogP contribution is 2.43. The van der Waals surface area contributed by atoms with Crippen LogP contribution in [0.3, 0.4) is 0 Å². The number of aliphatic hydroxyl groups excluding tert-OH is 1. The molecular formula is C53H97N2O6P. The number of amides is 1. The molecule has 360 valence electrons. The number of hydrogen-bond donors (Lipinski definition) is 4. The van der Waals surface area contributed by atoms with Crippen LogP contribution < -0.4 is 11.1 Å². The first-order valence-corrected chi connectivity index (χ1v) is 27.1. The Kier molecular flexibility index (Phi) is 46.8. The molecule has 1 amide bonds. The van der Waals surface area contributed by atoms with Gasteiger partial charge in [0.2, 0.25) is 5.91 Å². The Morgan fingerprint density at radius 3 is 1.35 bits per heavy atom. The molecule has 0 aromatic heterocycles. The van der Waals surface area contributed by atoms with Crippen LogP contribution >= 0.6 is 7.82 Å². The Balaban J connectivity index is 4.21. The van der Waals surface area contributed by atoms with Crippen molar-refractivity contribution in [1.29, 1.82) is 0 Å². The van der Waals surface area contributed by atoms with E-state index >= 15 is 0 Å². The van der Waals surface area contributed by atoms with Crippen LogP contribution in [0.25, 0.3) is 0 Å². The maximum Gasteiger partial charge on any atom is 0.472 e. The number of phosphoric acid groups is 1. The van der Waals surface area contributed by atoms with Crippen molar-refractivity contribution in [3.63, 3.8) is 0 Å². The Bertz CT molecular complexity index is 1200. The summed E-state index contributed by atoms with van der Waals surface area (Å²) in [4.78, 5) is 22.8. The fraction of sp³-hybridized carbons (Fsp3) is 0.755. The summed E-state index contributed by atoms with van der Waals surface area (Å²) in [5.41, 5.74) is 5.39. The van der Waals surface area contributed by atoms with Gasteiger partial charge in [0.1, 0.15) is 0 Å². The number of nitrogens with one attached hydrogen (secondary N) is 1. The third-order valence-electron chi connectivity index (χ3n) is 11.0. The molecule has 0 aliphatic heterocycles. The summed E-state index contributed by atoms with van der Waals surface area (Å²) in [6, 6.07) is -0.892. The molecule has 0 aliphatic carbocycles. The van der Waals surface area contributed by atoms with Gasteiger partial charge in [-0.05, 0) is 83.5 Å². The van der Waals surface area contributed by atoms with Gasteiger partial charge in [0.05, 0.1) is 25.4 Å². The minimum atomic E-state index is -4.36. The van der Waals surface area contributed by atoms with Crippen molar-refractivity contribution >= 4 is 13.7 Å². The van der Waals surface area contributed by atoms with Crippen LogP contribution in [-0.4, -0.2) is 47.8 Å². The maximum absolute atomic E-state index is 12.8. The topological polar surface area (TPSA) is 131 Å². The molecular weight excluding hydrogens is 792 g/mol. The van der Waals surface area contributed by atoms with E-state index < -0.39 is 20.0 Å². The molecule has 0 aromatic carbocycles. The van der Waals surface area contributed by atoms with Crippen molar-refractivity contribution in [2.24, 2.45) is 5.73 Å². The first-order valence-electron chi connectivity index (χ1n) is 25.6. The van der Waals surface area contributed by atoms with Crippen LogP contribution in [0.15, 0.2) is 72.9 Å². The maximum atomic E-state index is 12.8. The molecule has 0 heterocycles. The highest BCUT2D eigenvalue weighted by Gasteiger charge is 2.26. The van der Waals surface area contributed by atoms with E-state index in [0.717, 1.165) is 70.6 Å². The Hall–Kier alpha value is -2.06. The van der Waals surface area contributed by atoms with Crippen LogP contribution in [0.5, 0.6) is 0 Å². The quantitative estimate of drug-likeness (QED) is 0.0272. The Morgan fingerprint density at radius 1 is 0.532 bits per heavy atom. The van der Waals surface area contributed by atoms with E-state index in [-0.39, 0.29) is 25.7 Å². The smallest absolute Gasteiger partial charge is 0.387 e. The zero-order valence-corrected chi connectivity index (χ0v) is 41.0. The molecule has 0 spiro atoms. The molecule has 0 aromatic rings. The standard InChI is InChI=1S/C53H97N2O6P/c1-3-5-7-9-11-13-15-17-19-21-23-25-26-27-29-31-33-35-37-39-41-43-45-47-53(57)55-51(50-61-62(58,59)60-49-48-54)52(56)46-44-42-40-38-36-34-32-30-28-24-22-20-18-16-14-12-10-8-6-4-2/h15,17,21,23,26-28,30,36,38,44,46,51-52,56H,3-14,16,18-20,22,24-25,29,31-35,37,39-43,45,47-50,54H2,1-2H3,(H,55,57)(H,58,59)/b17-15-,23-21-,27-26-,30-28+,38-36+,46-44+. The summed E-state index contributed by atoms with van der Waals surface area (Å²) in [5, 5.41) is 13.7. The lowest BCUT2D eigenvalue weighted by Crippen LogP contribution is -2.45. The van der Waals surface area contributed by atoms with Gasteiger partial charge in [0.25, 0.3) is 0 Å². The lowest BCUT2D eigenvalue weighted by molar-refractivity contribution is -0.123. The molecule has 5 N–H and O–H groups in total. The van der Waals surface area contributed by atoms with Gasteiger partial charge in [0.15, 0.2) is 0 Å². The molecule has 8 nitrogen and oxygen atoms in total. The fourth-order valence-corrected chi connectivity index (χ4v) is 7.87. The molecule has 9 heteroatoms. The van der Waals surface area contributed by atoms with Gasteiger partial charge in [-0.2, -0.15) is 0 Å². The average molecular weight is 889 g/mol. The molecule has 62 heavy (non-hydrogen) atoms. The lowest BCUT2D eigenvalue weighted by atomic mass is 10.1. The number of rotatable bonds is 47. The monoisotopic (exact) mass is 889 g/mol. The average Bonchev–Trinajstić information content (AvgIpc) is 3.26. The number of carbonyl (C=O) groups excluding carboxylic acids is 1. The molecule has 3 unspecified atom stereocenters. The predicted octanol–water partition coefficient (Wildman–Crippen LogP) is 15.2. The second kappa shape index (κ2) is 48.4. The van der Waals surface area contributed by atoms with Gasteiger partial charge in [-0.25, -0.2) is 4.57 Å². The number of nitrogens with two attached hydrogens (primary N) is 1. The van der Waals surface area contributed by atoms with Gasteiger partial charge >= 0.3 is 7.82 Å². The van der Waals surface area contributed by atoms with Crippen LogP contribution in [0.2, 0.25) is 0 Å². The van der Waals surface area contributed by atoms with E-state index in [1.165, 1.54) is 135 Å². The van der Waals surface area contributed by atoms with Crippen molar-refractivity contribution in [3.05, 3.63) is 72.9 Å². The molecule has 0 bridgehead atoms. The van der Waals surface area contributed by atoms with Gasteiger partial charge < -0.3 is 21.1 Å². The molecule has 0 radical (unpaired) electrons. The Labute approximate surface area is 382 Å². The van der Waals surface area contributed by atoms with Gasteiger partial charge in [-0.3, -0.25) is 13.8 Å². The third kappa shape index (κ3) is 45.9. The van der Waals surface area contributed by atoms with E-state index in [0.29, 0.717) is 6.42 Å². The summed E-state index contributed by atoms with van der Waals surface area (Å²) in [5.74, 6) is -0.217. The SMILES string of the molecule is CCCCCCC/C=C\C/C=C\C/C=C\CCCCCCCCCCC(=O)NC(COP(=O)(O)OCCN)C(O)/C=C/CC/C=C/CC/C=C/CCCCCCCCCCCC. The minimum absolute atomic E-state index is 0.0674. The molecule has 0 saturated heterocycles. The van der Waals surface area contributed by atoms with Crippen LogP contribution in [0, 0.1) is 0 Å². The first-order chi connectivity index (χ1) is 30.4. The van der Waals surface area contributed by atoms with Crippen molar-refractivity contribution in [2.45, 2.75) is 238 Å². The molecule has 0 rings (SSSR count). The second-order valence-electron chi connectivity index (χ2n) is 17.0.